The first kappa shape index (κ1) is 16.9. The predicted octanol–water partition coefficient (Wildman–Crippen LogP) is 4.23. The van der Waals surface area contributed by atoms with E-state index in [2.05, 4.69) is 21.2 Å². The SMILES string of the molecule is CNc1cccc(Br)c1.O=C/C=C/c1ccc(F)c(O)c1. The van der Waals surface area contributed by atoms with Crippen LogP contribution in [0.25, 0.3) is 6.08 Å². The Labute approximate surface area is 131 Å². The second-order valence-corrected chi connectivity index (χ2v) is 4.88. The second-order valence-electron chi connectivity index (χ2n) is 3.97. The summed E-state index contributed by atoms with van der Waals surface area (Å²) >= 11 is 3.36. The number of carbonyl (C=O) groups excluding carboxylic acids is 1. The fourth-order valence-corrected chi connectivity index (χ4v) is 1.83. The summed E-state index contributed by atoms with van der Waals surface area (Å²) in [5.74, 6) is -1.08. The third-order valence-electron chi connectivity index (χ3n) is 2.45. The van der Waals surface area contributed by atoms with Crippen LogP contribution in [0.15, 0.2) is 53.0 Å². The van der Waals surface area contributed by atoms with Crippen LogP contribution < -0.4 is 5.32 Å². The fourth-order valence-electron chi connectivity index (χ4n) is 1.43. The van der Waals surface area contributed by atoms with Crippen molar-refractivity contribution in [1.82, 2.24) is 0 Å². The molecule has 2 rings (SSSR count). The summed E-state index contributed by atoms with van der Waals surface area (Å²) in [6.45, 7) is 0. The van der Waals surface area contributed by atoms with Gasteiger partial charge in [-0.1, -0.05) is 34.1 Å². The van der Waals surface area contributed by atoms with Gasteiger partial charge in [0.2, 0.25) is 0 Å². The van der Waals surface area contributed by atoms with Gasteiger partial charge in [-0.25, -0.2) is 4.39 Å². The topological polar surface area (TPSA) is 49.3 Å². The standard InChI is InChI=1S/C9H7FO2.C7H8BrN/c10-8-4-3-7(2-1-5-11)6-9(8)12;1-9-7-4-2-3-6(8)5-7/h1-6,12H;2-5,9H,1H3/b2-1+;. The van der Waals surface area contributed by atoms with Gasteiger partial charge in [-0.2, -0.15) is 0 Å². The molecule has 3 nitrogen and oxygen atoms in total. The van der Waals surface area contributed by atoms with Crippen LogP contribution in [0, 0.1) is 5.82 Å². The molecule has 21 heavy (non-hydrogen) atoms. The van der Waals surface area contributed by atoms with Gasteiger partial charge in [-0.15, -0.1) is 0 Å². The lowest BCUT2D eigenvalue weighted by Gasteiger charge is -1.97. The summed E-state index contributed by atoms with van der Waals surface area (Å²) in [5, 5.41) is 11.9. The maximum atomic E-state index is 12.5. The van der Waals surface area contributed by atoms with E-state index >= 15 is 0 Å². The lowest BCUT2D eigenvalue weighted by molar-refractivity contribution is -0.104. The number of phenolic OH excluding ortho intramolecular Hbond substituents is 1. The van der Waals surface area contributed by atoms with Crippen LogP contribution in [0.2, 0.25) is 0 Å². The summed E-state index contributed by atoms with van der Waals surface area (Å²) in [5.41, 5.74) is 1.71. The quantitative estimate of drug-likeness (QED) is 0.642. The summed E-state index contributed by atoms with van der Waals surface area (Å²) in [7, 11) is 1.90. The summed E-state index contributed by atoms with van der Waals surface area (Å²) in [4.78, 5) is 9.91. The van der Waals surface area contributed by atoms with E-state index in [0.29, 0.717) is 11.8 Å². The molecule has 0 heterocycles. The number of carbonyl (C=O) groups is 1. The van der Waals surface area contributed by atoms with Crippen LogP contribution in [0.4, 0.5) is 10.1 Å². The van der Waals surface area contributed by atoms with Gasteiger partial charge in [0.05, 0.1) is 0 Å². The van der Waals surface area contributed by atoms with Crippen LogP contribution in [-0.2, 0) is 4.79 Å². The molecular weight excluding hydrogens is 337 g/mol. The number of phenols is 1. The van der Waals surface area contributed by atoms with Crippen molar-refractivity contribution in [2.45, 2.75) is 0 Å². The highest BCUT2D eigenvalue weighted by Gasteiger charge is 1.97. The molecule has 0 bridgehead atoms. The highest BCUT2D eigenvalue weighted by molar-refractivity contribution is 9.10. The van der Waals surface area contributed by atoms with Crippen LogP contribution in [-0.4, -0.2) is 18.4 Å². The average molecular weight is 352 g/mol. The number of halogens is 2. The molecule has 2 aromatic rings. The zero-order chi connectivity index (χ0) is 15.7. The van der Waals surface area contributed by atoms with Gasteiger partial charge >= 0.3 is 0 Å². The Bertz CT molecular complexity index is 629. The molecule has 0 radical (unpaired) electrons. The Morgan fingerprint density at radius 3 is 2.52 bits per heavy atom. The molecule has 2 N–H and O–H groups in total. The molecule has 0 aromatic heterocycles. The molecule has 0 aliphatic heterocycles. The molecule has 0 fully saturated rings. The molecule has 0 atom stereocenters. The lowest BCUT2D eigenvalue weighted by Crippen LogP contribution is -1.85. The van der Waals surface area contributed by atoms with Crippen LogP contribution in [0.3, 0.4) is 0 Å². The first-order chi connectivity index (χ1) is 10.1. The van der Waals surface area contributed by atoms with E-state index in [1.54, 1.807) is 0 Å². The van der Waals surface area contributed by atoms with Crippen molar-refractivity contribution in [1.29, 1.82) is 0 Å². The normalized spacial score (nSPS) is 9.86. The minimum atomic E-state index is -0.668. The van der Waals surface area contributed by atoms with Crippen molar-refractivity contribution in [2.75, 3.05) is 12.4 Å². The third-order valence-corrected chi connectivity index (χ3v) is 2.94. The van der Waals surface area contributed by atoms with E-state index < -0.39 is 11.6 Å². The van der Waals surface area contributed by atoms with Crippen molar-refractivity contribution in [3.05, 3.63) is 64.4 Å². The molecule has 0 unspecified atom stereocenters. The highest BCUT2D eigenvalue weighted by Crippen LogP contribution is 2.17. The number of hydrogen-bond donors (Lipinski definition) is 2. The Hall–Kier alpha value is -2.14. The second kappa shape index (κ2) is 8.92. The largest absolute Gasteiger partial charge is 0.505 e. The van der Waals surface area contributed by atoms with E-state index in [4.69, 9.17) is 5.11 Å². The minimum absolute atomic E-state index is 0.414. The number of nitrogens with one attached hydrogen (secondary N) is 1. The van der Waals surface area contributed by atoms with Gasteiger partial charge in [0.1, 0.15) is 6.29 Å². The Morgan fingerprint density at radius 1 is 1.24 bits per heavy atom. The Morgan fingerprint density at radius 2 is 2.00 bits per heavy atom. The first-order valence-corrected chi connectivity index (χ1v) is 6.90. The molecule has 2 aromatic carbocycles. The van der Waals surface area contributed by atoms with Gasteiger partial charge in [-0.05, 0) is 42.0 Å². The van der Waals surface area contributed by atoms with Crippen LogP contribution in [0.1, 0.15) is 5.56 Å². The van der Waals surface area contributed by atoms with E-state index in [1.807, 2.05) is 31.3 Å². The van der Waals surface area contributed by atoms with E-state index in [1.165, 1.54) is 24.3 Å². The lowest BCUT2D eigenvalue weighted by atomic mass is 10.2. The number of hydrogen-bond acceptors (Lipinski definition) is 3. The van der Waals surface area contributed by atoms with Gasteiger partial charge in [0.25, 0.3) is 0 Å². The molecule has 0 saturated carbocycles. The summed E-state index contributed by atoms with van der Waals surface area (Å²) in [6.07, 6.45) is 3.36. The molecule has 5 heteroatoms. The molecule has 0 spiro atoms. The number of rotatable bonds is 3. The molecule has 0 saturated heterocycles. The molecule has 0 aliphatic rings. The molecular formula is C16H15BrFNO2. The maximum Gasteiger partial charge on any atom is 0.164 e. The number of anilines is 1. The van der Waals surface area contributed by atoms with Gasteiger partial charge < -0.3 is 10.4 Å². The van der Waals surface area contributed by atoms with Crippen molar-refractivity contribution < 1.29 is 14.3 Å². The molecule has 110 valence electrons. The summed E-state index contributed by atoms with van der Waals surface area (Å²) < 4.78 is 13.6. The van der Waals surface area contributed by atoms with E-state index in [0.717, 1.165) is 16.2 Å². The van der Waals surface area contributed by atoms with Crippen molar-refractivity contribution >= 4 is 34.0 Å². The van der Waals surface area contributed by atoms with Gasteiger partial charge in [0.15, 0.2) is 11.6 Å². The highest BCUT2D eigenvalue weighted by atomic mass is 79.9. The van der Waals surface area contributed by atoms with E-state index in [9.17, 15) is 9.18 Å². The van der Waals surface area contributed by atoms with Crippen molar-refractivity contribution in [2.24, 2.45) is 0 Å². The molecule has 0 aliphatic carbocycles. The zero-order valence-corrected chi connectivity index (χ0v) is 13.0. The van der Waals surface area contributed by atoms with Crippen molar-refractivity contribution in [3.8, 4) is 5.75 Å². The summed E-state index contributed by atoms with van der Waals surface area (Å²) in [6, 6.07) is 11.9. The third kappa shape index (κ3) is 6.23. The fraction of sp³-hybridized carbons (Fsp3) is 0.0625. The van der Waals surface area contributed by atoms with Crippen LogP contribution in [0.5, 0.6) is 5.75 Å². The van der Waals surface area contributed by atoms with E-state index in [-0.39, 0.29) is 0 Å². The van der Waals surface area contributed by atoms with Gasteiger partial charge in [0, 0.05) is 17.2 Å². The van der Waals surface area contributed by atoms with Gasteiger partial charge in [-0.3, -0.25) is 4.79 Å². The number of allylic oxidation sites excluding steroid dienone is 1. The first-order valence-electron chi connectivity index (χ1n) is 6.10. The zero-order valence-electron chi connectivity index (χ0n) is 11.4. The van der Waals surface area contributed by atoms with Crippen LogP contribution >= 0.6 is 15.9 Å². The predicted molar refractivity (Wildman–Crippen MR) is 86.9 cm³/mol. The monoisotopic (exact) mass is 351 g/mol. The minimum Gasteiger partial charge on any atom is -0.505 e. The average Bonchev–Trinajstić information content (AvgIpc) is 2.49. The maximum absolute atomic E-state index is 12.5. The number of aldehydes is 1. The Kier molecular flexibility index (Phi) is 7.18. The smallest absolute Gasteiger partial charge is 0.164 e. The Balaban J connectivity index is 0.000000219. The molecule has 0 amide bonds. The van der Waals surface area contributed by atoms with Crippen molar-refractivity contribution in [3.63, 3.8) is 0 Å². The number of aromatic hydroxyl groups is 1. The number of benzene rings is 2.